The summed E-state index contributed by atoms with van der Waals surface area (Å²) in [6, 6.07) is 17.8. The Labute approximate surface area is 200 Å². The summed E-state index contributed by atoms with van der Waals surface area (Å²) in [6.07, 6.45) is 1.99. The van der Waals surface area contributed by atoms with Crippen LogP contribution in [0.3, 0.4) is 0 Å². The van der Waals surface area contributed by atoms with Crippen molar-refractivity contribution in [3.8, 4) is 11.4 Å². The number of aromatic amines is 1. The summed E-state index contributed by atoms with van der Waals surface area (Å²) in [5.74, 6) is 1.19. The van der Waals surface area contributed by atoms with Crippen molar-refractivity contribution in [2.45, 2.75) is 12.8 Å². The Morgan fingerprint density at radius 3 is 2.39 bits per heavy atom. The molecule has 31 heavy (non-hydrogen) atoms. The number of rotatable bonds is 3. The van der Waals surface area contributed by atoms with Gasteiger partial charge in [0, 0.05) is 41.8 Å². The van der Waals surface area contributed by atoms with Crippen LogP contribution in [0.5, 0.6) is 0 Å². The van der Waals surface area contributed by atoms with Crippen molar-refractivity contribution in [3.05, 3.63) is 74.1 Å². The summed E-state index contributed by atoms with van der Waals surface area (Å²) < 4.78 is 1.91. The maximum atomic E-state index is 12.7. The zero-order chi connectivity index (χ0) is 21.3. The molecule has 0 amide bonds. The van der Waals surface area contributed by atoms with Gasteiger partial charge in [0.25, 0.3) is 0 Å². The molecule has 0 aliphatic heterocycles. The second-order valence-corrected chi connectivity index (χ2v) is 10.1. The fraction of sp³-hybridized carbons (Fsp3) is 0.120. The predicted octanol–water partition coefficient (Wildman–Crippen LogP) is 8.31. The molecule has 152 valence electrons. The minimum absolute atomic E-state index is 0.183. The molecule has 0 atom stereocenters. The second kappa shape index (κ2) is 7.16. The number of benzene rings is 4. The van der Waals surface area contributed by atoms with Gasteiger partial charge < -0.3 is 4.98 Å². The van der Waals surface area contributed by atoms with Gasteiger partial charge in [0.1, 0.15) is 5.82 Å². The lowest BCUT2D eigenvalue weighted by Crippen LogP contribution is -2.00. The first-order valence-corrected chi connectivity index (χ1v) is 12.0. The van der Waals surface area contributed by atoms with Crippen LogP contribution in [0.1, 0.15) is 23.2 Å². The number of fused-ring (bicyclic) bond motifs is 6. The van der Waals surface area contributed by atoms with E-state index in [1.54, 1.807) is 0 Å². The van der Waals surface area contributed by atoms with Gasteiger partial charge in [-0.1, -0.05) is 35.9 Å². The van der Waals surface area contributed by atoms with Crippen LogP contribution in [0.4, 0.5) is 0 Å². The third-order valence-corrected chi connectivity index (χ3v) is 7.51. The van der Waals surface area contributed by atoms with E-state index in [0.717, 1.165) is 71.3 Å². The van der Waals surface area contributed by atoms with E-state index in [1.807, 2.05) is 54.6 Å². The lowest BCUT2D eigenvalue weighted by Gasteiger charge is -2.08. The van der Waals surface area contributed by atoms with Crippen molar-refractivity contribution >= 4 is 81.8 Å². The van der Waals surface area contributed by atoms with Gasteiger partial charge in [0.15, 0.2) is 5.78 Å². The first kappa shape index (κ1) is 19.5. The number of ketones is 1. The number of imidazole rings is 1. The SMILES string of the molecule is O=C(c1ccc2c(c1)c1cc(Cl)ccc1c1nc(-c3c(Br)cccc3Br)[nH]c21)C1CC1. The number of carbonyl (C=O) groups excluding carboxylic acids is 1. The fourth-order valence-corrected chi connectivity index (χ4v) is 5.82. The molecule has 1 aliphatic rings. The van der Waals surface area contributed by atoms with E-state index in [0.29, 0.717) is 5.02 Å². The molecule has 1 aromatic heterocycles. The summed E-state index contributed by atoms with van der Waals surface area (Å²) in [4.78, 5) is 21.2. The van der Waals surface area contributed by atoms with Crippen LogP contribution < -0.4 is 0 Å². The van der Waals surface area contributed by atoms with Crippen LogP contribution in [0.25, 0.3) is 44.0 Å². The molecule has 5 aromatic rings. The number of hydrogen-bond acceptors (Lipinski definition) is 2. The molecule has 0 spiro atoms. The van der Waals surface area contributed by atoms with E-state index in [1.165, 1.54) is 0 Å². The highest BCUT2D eigenvalue weighted by Crippen LogP contribution is 2.40. The highest BCUT2D eigenvalue weighted by Gasteiger charge is 2.30. The average molecular weight is 555 g/mol. The summed E-state index contributed by atoms with van der Waals surface area (Å²) in [7, 11) is 0. The number of H-pyrrole nitrogens is 1. The quantitative estimate of drug-likeness (QED) is 0.180. The van der Waals surface area contributed by atoms with E-state index < -0.39 is 0 Å². The van der Waals surface area contributed by atoms with Gasteiger partial charge in [-0.05, 0) is 85.8 Å². The third kappa shape index (κ3) is 3.13. The molecule has 0 saturated heterocycles. The Kier molecular flexibility index (Phi) is 4.50. The average Bonchev–Trinajstić information content (AvgIpc) is 3.52. The number of nitrogens with one attached hydrogen (secondary N) is 1. The van der Waals surface area contributed by atoms with Crippen LogP contribution in [0, 0.1) is 5.92 Å². The smallest absolute Gasteiger partial charge is 0.165 e. The highest BCUT2D eigenvalue weighted by molar-refractivity contribution is 9.11. The molecule has 3 nitrogen and oxygen atoms in total. The Morgan fingerprint density at radius 1 is 0.935 bits per heavy atom. The van der Waals surface area contributed by atoms with Gasteiger partial charge in [-0.3, -0.25) is 4.79 Å². The maximum Gasteiger partial charge on any atom is 0.165 e. The van der Waals surface area contributed by atoms with E-state index in [4.69, 9.17) is 16.6 Å². The number of carbonyl (C=O) groups is 1. The topological polar surface area (TPSA) is 45.8 Å². The van der Waals surface area contributed by atoms with E-state index in [-0.39, 0.29) is 11.7 Å². The highest BCUT2D eigenvalue weighted by atomic mass is 79.9. The Hall–Kier alpha value is -2.21. The van der Waals surface area contributed by atoms with Gasteiger partial charge in [0.05, 0.1) is 11.0 Å². The van der Waals surface area contributed by atoms with E-state index in [2.05, 4.69) is 36.8 Å². The summed E-state index contributed by atoms with van der Waals surface area (Å²) in [5, 5.41) is 4.71. The Bertz CT molecular complexity index is 1530. The van der Waals surface area contributed by atoms with E-state index in [9.17, 15) is 4.79 Å². The summed E-state index contributed by atoms with van der Waals surface area (Å²) >= 11 is 13.7. The second-order valence-electron chi connectivity index (χ2n) is 7.99. The molecule has 0 bridgehead atoms. The minimum atomic E-state index is 0.183. The molecule has 1 heterocycles. The third-order valence-electron chi connectivity index (χ3n) is 5.95. The molecule has 1 fully saturated rings. The normalized spacial score (nSPS) is 14.0. The molecule has 4 aromatic carbocycles. The molecule has 0 radical (unpaired) electrons. The van der Waals surface area contributed by atoms with Crippen molar-refractivity contribution in [2.75, 3.05) is 0 Å². The number of Topliss-reactive ketones (excluding diaryl/α,β-unsaturated/α-hetero) is 1. The van der Waals surface area contributed by atoms with Crippen molar-refractivity contribution in [3.63, 3.8) is 0 Å². The van der Waals surface area contributed by atoms with Crippen molar-refractivity contribution in [1.29, 1.82) is 0 Å². The number of hydrogen-bond donors (Lipinski definition) is 1. The molecule has 6 heteroatoms. The Balaban J connectivity index is 1.71. The minimum Gasteiger partial charge on any atom is -0.337 e. The van der Waals surface area contributed by atoms with Gasteiger partial charge in [-0.2, -0.15) is 0 Å². The molecule has 0 unspecified atom stereocenters. The maximum absolute atomic E-state index is 12.7. The molecule has 1 saturated carbocycles. The lowest BCUT2D eigenvalue weighted by atomic mass is 9.96. The molecule has 1 aliphatic carbocycles. The molecular formula is C25H15Br2ClN2O. The van der Waals surface area contributed by atoms with Crippen molar-refractivity contribution < 1.29 is 4.79 Å². The first-order valence-electron chi connectivity index (χ1n) is 10.0. The standard InChI is InChI=1S/C25H15Br2ClN2O/c26-19-2-1-3-20(27)21(19)25-29-22-15-8-6-13(24(31)12-4-5-12)10-17(15)18-11-14(28)7-9-16(18)23(22)30-25/h1-3,6-12H,4-5H2,(H,29,30). The van der Waals surface area contributed by atoms with Gasteiger partial charge in [-0.15, -0.1) is 0 Å². The molecule has 6 rings (SSSR count). The van der Waals surface area contributed by atoms with Crippen LogP contribution in [0.15, 0.2) is 63.5 Å². The molecular weight excluding hydrogens is 540 g/mol. The number of aromatic nitrogens is 2. The van der Waals surface area contributed by atoms with Crippen LogP contribution in [-0.2, 0) is 0 Å². The monoisotopic (exact) mass is 552 g/mol. The van der Waals surface area contributed by atoms with Crippen molar-refractivity contribution in [1.82, 2.24) is 9.97 Å². The van der Waals surface area contributed by atoms with Crippen molar-refractivity contribution in [2.24, 2.45) is 5.92 Å². The molecule has 1 N–H and O–H groups in total. The lowest BCUT2D eigenvalue weighted by molar-refractivity contribution is 0.0968. The van der Waals surface area contributed by atoms with Gasteiger partial charge in [-0.25, -0.2) is 4.98 Å². The number of nitrogens with zero attached hydrogens (tertiary/aromatic N) is 1. The summed E-state index contributed by atoms with van der Waals surface area (Å²) in [5.41, 5.74) is 3.57. The van der Waals surface area contributed by atoms with Crippen LogP contribution in [0.2, 0.25) is 5.02 Å². The fourth-order valence-electron chi connectivity index (χ4n) is 4.27. The van der Waals surface area contributed by atoms with Crippen LogP contribution in [-0.4, -0.2) is 15.8 Å². The van der Waals surface area contributed by atoms with Gasteiger partial charge in [0.2, 0.25) is 0 Å². The predicted molar refractivity (Wildman–Crippen MR) is 134 cm³/mol. The summed E-state index contributed by atoms with van der Waals surface area (Å²) in [6.45, 7) is 0. The first-order chi connectivity index (χ1) is 15.0. The van der Waals surface area contributed by atoms with Crippen LogP contribution >= 0.6 is 43.5 Å². The zero-order valence-corrected chi connectivity index (χ0v) is 20.1. The van der Waals surface area contributed by atoms with E-state index >= 15 is 0 Å². The number of halogens is 3. The zero-order valence-electron chi connectivity index (χ0n) is 16.2. The van der Waals surface area contributed by atoms with Gasteiger partial charge >= 0.3 is 0 Å². The Morgan fingerprint density at radius 2 is 1.65 bits per heavy atom. The largest absolute Gasteiger partial charge is 0.337 e.